The van der Waals surface area contributed by atoms with Gasteiger partial charge in [-0.3, -0.25) is 0 Å². The molecule has 6 saturated carbocycles. The summed E-state index contributed by atoms with van der Waals surface area (Å²) in [7, 11) is 15.2. The molecule has 0 bridgehead atoms. The second-order valence-electron chi connectivity index (χ2n) is 37.3. The summed E-state index contributed by atoms with van der Waals surface area (Å²) in [5, 5.41) is 25.6. The maximum Gasteiger partial charge on any atom is 0.138 e. The molecule has 24 rings (SSSR count). The van der Waals surface area contributed by atoms with Crippen molar-refractivity contribution in [2.45, 2.75) is 342 Å². The Morgan fingerprint density at radius 1 is 0.235 bits per heavy atom. The maximum atomic E-state index is 8.37. The summed E-state index contributed by atoms with van der Waals surface area (Å²) in [5.41, 5.74) is 4.05. The van der Waals surface area contributed by atoms with Crippen molar-refractivity contribution in [1.29, 1.82) is 0 Å². The van der Waals surface area contributed by atoms with Gasteiger partial charge < -0.3 is 61.3 Å². The smallest absolute Gasteiger partial charge is 0.138 e. The topological polar surface area (TPSA) is 246 Å². The SMILES string of the molecule is [2H]C([2H])([2H])N(C)C1CCC(Nc2ncnc3sc4c(c23)CC([2H])([2H])C4([2H])[2H])CC1.[2H]C1([2H])CC([2H])([2H])c2c1sc1ncnc(NC3CCC(N(C)C([2H])([2H])[2H])CC3)c21.[2H]C1([2H])CCc2c1sc1ncnc(NC3CCC(N(C)C([2H])([2H])[2H])CC3)c21.[2H]C1([2H])CCc2sc3ncnc(NC4CCC(N(C)C([2H])([2H])[2H])CC4)c3c21.[2H]C1([2H])Cc2c(sc3ncnc(NC4CCC(N(C)C)CC4)c23)C1([2H])[2H].[2H]C1([2H])Cc2sc3ncnc(NC4CCC(N(C)C)CC4)c3c2C1([2H])[2H]. The van der Waals surface area contributed by atoms with Crippen LogP contribution in [0, 0.1) is 0 Å². The number of thiophene rings is 6. The second kappa shape index (κ2) is 42.8. The minimum absolute atomic E-state index is 0.00745. The molecule has 0 saturated heterocycles. The molecule has 0 amide bonds. The number of nitrogens with one attached hydrogen (secondary N) is 6. The molecule has 0 radical (unpaired) electrons. The minimum atomic E-state index is -2.09. The molecule has 12 heterocycles. The molecular weight excluding hydrogens is 1750 g/mol. The van der Waals surface area contributed by atoms with E-state index in [4.69, 9.17) is 43.9 Å². The molecular formula is C102H144N24S6. The fourth-order valence-corrected chi connectivity index (χ4v) is 27.2. The molecule has 6 N–H and O–H groups in total. The van der Waals surface area contributed by atoms with Gasteiger partial charge in [0.25, 0.3) is 0 Å². The standard InChI is InChI=1S/6C17H24N4S/c6*1-21(2)12-8-6-11(7-9-12)20-16-15-13-4-3-5-14(13)22-17(15)19-10-18-16/h6*10-12H,3-9H2,1-2H3,(H,18,19,20)/i1D3,4D2,5D2;1D3,3D2,5D2;3D2,5D2;3D2,4D2;1D3,5D2;1D3,4D2. The number of fused-ring (bicyclic) bond motifs is 18. The number of aromatic nitrogens is 12. The molecule has 0 atom stereocenters. The quantitative estimate of drug-likeness (QED) is 0.0467. The average molecular weight is 1930 g/mol. The Hall–Kier alpha value is -7.20. The number of nitrogens with zero attached hydrogens (tertiary/aromatic N) is 18. The monoisotopic (exact) mass is 1930 g/mol. The van der Waals surface area contributed by atoms with Crippen LogP contribution in [0.5, 0.6) is 0 Å². The molecule has 12 aromatic heterocycles. The first-order chi connectivity index (χ1) is 76.6. The Balaban J connectivity index is 0.000000121. The third kappa shape index (κ3) is 21.2. The van der Waals surface area contributed by atoms with E-state index in [0.717, 1.165) is 257 Å². The van der Waals surface area contributed by atoms with Crippen molar-refractivity contribution in [2.75, 3.05) is 116 Å². The molecule has 12 aliphatic rings. The van der Waals surface area contributed by atoms with Crippen molar-refractivity contribution in [3.63, 3.8) is 0 Å². The van der Waals surface area contributed by atoms with Crippen LogP contribution in [0.2, 0.25) is 0 Å². The lowest BCUT2D eigenvalue weighted by Crippen LogP contribution is -2.36. The van der Waals surface area contributed by atoms with Gasteiger partial charge in [-0.15, -0.1) is 68.0 Å². The summed E-state index contributed by atoms with van der Waals surface area (Å²) in [6.07, 6.45) is 15.6. The van der Waals surface area contributed by atoms with Crippen LogP contribution in [-0.2, 0) is 76.7 Å². The zero-order valence-electron chi connectivity index (χ0n) is 109. The first-order valence-electron chi connectivity index (χ1n) is 63.0. The zero-order valence-corrected chi connectivity index (χ0v) is 81.4. The van der Waals surface area contributed by atoms with Gasteiger partial charge in [-0.1, -0.05) is 0 Å². The van der Waals surface area contributed by atoms with E-state index in [1.165, 1.54) is 102 Å². The van der Waals surface area contributed by atoms with Crippen LogP contribution in [0.1, 0.15) is 299 Å². The molecule has 6 fully saturated rings. The molecule has 12 aromatic rings. The van der Waals surface area contributed by atoms with Crippen LogP contribution in [0.3, 0.4) is 0 Å². The van der Waals surface area contributed by atoms with Crippen LogP contribution in [-0.4, -0.2) is 246 Å². The van der Waals surface area contributed by atoms with E-state index in [9.17, 15) is 0 Å². The van der Waals surface area contributed by atoms with Crippen LogP contribution in [0.15, 0.2) is 38.0 Å². The Bertz CT molecular complexity index is 7370. The van der Waals surface area contributed by atoms with E-state index < -0.39 is 91.6 Å². The molecule has 30 heteroatoms. The summed E-state index contributed by atoms with van der Waals surface area (Å²) in [6.45, 7) is -8.27. The summed E-state index contributed by atoms with van der Waals surface area (Å²) >= 11 is 8.08. The maximum absolute atomic E-state index is 8.37. The van der Waals surface area contributed by atoms with E-state index in [-0.39, 0.29) is 74.0 Å². The van der Waals surface area contributed by atoms with Gasteiger partial charge in [0, 0.05) is 146 Å². The molecule has 0 aromatic carbocycles. The van der Waals surface area contributed by atoms with Crippen molar-refractivity contribution in [1.82, 2.24) is 89.2 Å². The number of rotatable bonds is 18. The first-order valence-corrected chi connectivity index (χ1v) is 51.9. The summed E-state index contributed by atoms with van der Waals surface area (Å²) in [5.74, 6) is 4.06. The van der Waals surface area contributed by atoms with Gasteiger partial charge in [-0.05, 0) is 387 Å². The fourth-order valence-electron chi connectivity index (χ4n) is 20.9. The van der Waals surface area contributed by atoms with Gasteiger partial charge in [-0.2, -0.15) is 0 Å². The van der Waals surface area contributed by atoms with Gasteiger partial charge in [-0.25, -0.2) is 59.8 Å². The predicted octanol–water partition coefficient (Wildman–Crippen LogP) is 20.8. The number of anilines is 6. The summed E-state index contributed by atoms with van der Waals surface area (Å²) in [6, 6.07) is 2.79. The highest BCUT2D eigenvalue weighted by atomic mass is 32.1. The molecule has 0 spiro atoms. The number of aryl methyl sites for hydroxylation is 12. The van der Waals surface area contributed by atoms with Crippen molar-refractivity contribution < 1.29 is 43.9 Å². The summed E-state index contributed by atoms with van der Waals surface area (Å²) < 4.78 is 255. The Kier molecular flexibility index (Phi) is 20.3. The van der Waals surface area contributed by atoms with Gasteiger partial charge in [0.05, 0.1) is 32.3 Å². The van der Waals surface area contributed by atoms with Gasteiger partial charge in [0.2, 0.25) is 0 Å². The average Bonchev–Trinajstić information content (AvgIpc) is 1.56. The Morgan fingerprint density at radius 3 is 0.773 bits per heavy atom. The van der Waals surface area contributed by atoms with Crippen LogP contribution in [0.4, 0.5) is 34.9 Å². The van der Waals surface area contributed by atoms with Crippen molar-refractivity contribution in [3.8, 4) is 0 Å². The fraction of sp³-hybridized carbons (Fsp3) is 0.647. The van der Waals surface area contributed by atoms with E-state index in [1.54, 1.807) is 52.2 Å². The van der Waals surface area contributed by atoms with Crippen molar-refractivity contribution in [3.05, 3.63) is 101 Å². The number of hydrogen-bond donors (Lipinski definition) is 6. The van der Waals surface area contributed by atoms with Gasteiger partial charge in [0.1, 0.15) is 102 Å². The largest absolute Gasteiger partial charge is 0.367 e. The predicted molar refractivity (Wildman–Crippen MR) is 557 cm³/mol. The lowest BCUT2D eigenvalue weighted by atomic mass is 9.90. The highest BCUT2D eigenvalue weighted by Gasteiger charge is 2.35. The first kappa shape index (κ1) is 62.6. The van der Waals surface area contributed by atoms with Crippen LogP contribution in [0.25, 0.3) is 61.3 Å². The normalized spacial score (nSPS) is 32.7. The Morgan fingerprint density at radius 2 is 0.462 bits per heavy atom. The highest BCUT2D eigenvalue weighted by molar-refractivity contribution is 7.20. The third-order valence-electron chi connectivity index (χ3n) is 28.5. The van der Waals surface area contributed by atoms with Crippen LogP contribution < -0.4 is 31.9 Å². The lowest BCUT2D eigenvalue weighted by molar-refractivity contribution is 0.221. The molecule has 24 nitrogen and oxygen atoms in total. The van der Waals surface area contributed by atoms with Crippen molar-refractivity contribution in [2.24, 2.45) is 0 Å². The molecule has 12 aliphatic carbocycles. The zero-order chi connectivity index (χ0) is 119. The highest BCUT2D eigenvalue weighted by Crippen LogP contribution is 2.47. The molecule has 0 unspecified atom stereocenters. The molecule has 708 valence electrons. The molecule has 132 heavy (non-hydrogen) atoms. The van der Waals surface area contributed by atoms with E-state index in [2.05, 4.69) is 130 Å². The number of hydrogen-bond acceptors (Lipinski definition) is 30. The van der Waals surface area contributed by atoms with Crippen LogP contribution >= 0.6 is 68.0 Å². The van der Waals surface area contributed by atoms with Crippen molar-refractivity contribution >= 4 is 164 Å². The van der Waals surface area contributed by atoms with E-state index >= 15 is 0 Å². The minimum Gasteiger partial charge on any atom is -0.367 e. The van der Waals surface area contributed by atoms with Gasteiger partial charge in [0.15, 0.2) is 0 Å². The van der Waals surface area contributed by atoms with E-state index in [1.807, 2.05) is 0 Å². The lowest BCUT2D eigenvalue weighted by Gasteiger charge is -2.33. The van der Waals surface area contributed by atoms with E-state index in [0.29, 0.717) is 106 Å². The third-order valence-corrected chi connectivity index (χ3v) is 35.0. The Labute approximate surface area is 851 Å². The summed E-state index contributed by atoms with van der Waals surface area (Å²) in [4.78, 5) is 71.2. The molecule has 0 aliphatic heterocycles. The van der Waals surface area contributed by atoms with Gasteiger partial charge >= 0.3 is 0 Å². The second-order valence-corrected chi connectivity index (χ2v) is 43.5.